The molecule has 0 aliphatic heterocycles. The van der Waals surface area contributed by atoms with Crippen LogP contribution in [-0.4, -0.2) is 29.0 Å². The summed E-state index contributed by atoms with van der Waals surface area (Å²) in [5.74, 6) is -0.210. The Labute approximate surface area is 171 Å². The van der Waals surface area contributed by atoms with Gasteiger partial charge in [-0.1, -0.05) is 55.5 Å². The number of fused-ring (bicyclic) bond motifs is 1. The molecule has 2 unspecified atom stereocenters. The molecule has 0 aliphatic carbocycles. The van der Waals surface area contributed by atoms with E-state index in [1.54, 1.807) is 0 Å². The number of urea groups is 1. The molecule has 6 nitrogen and oxygen atoms in total. The maximum Gasteiger partial charge on any atom is 0.315 e. The molecule has 29 heavy (non-hydrogen) atoms. The number of benzene rings is 2. The summed E-state index contributed by atoms with van der Waals surface area (Å²) in [6, 6.07) is 16.7. The van der Waals surface area contributed by atoms with Crippen molar-refractivity contribution in [2.75, 3.05) is 0 Å². The monoisotopic (exact) mass is 392 g/mol. The molecule has 1 heterocycles. The Balaban J connectivity index is 1.73. The average Bonchev–Trinajstić information content (AvgIpc) is 3.15. The number of hydrogen-bond donors (Lipinski definition) is 4. The maximum atomic E-state index is 12.9. The largest absolute Gasteiger partial charge is 0.361 e. The van der Waals surface area contributed by atoms with Gasteiger partial charge in [0.25, 0.3) is 0 Å². The summed E-state index contributed by atoms with van der Waals surface area (Å²) in [5, 5.41) is 9.71. The van der Waals surface area contributed by atoms with Gasteiger partial charge in [0.2, 0.25) is 5.91 Å². The first-order valence-corrected chi connectivity index (χ1v) is 10.0. The van der Waals surface area contributed by atoms with Gasteiger partial charge in [-0.2, -0.15) is 0 Å². The Morgan fingerprint density at radius 1 is 1.00 bits per heavy atom. The summed E-state index contributed by atoms with van der Waals surface area (Å²) >= 11 is 0. The van der Waals surface area contributed by atoms with Crippen molar-refractivity contribution >= 4 is 22.8 Å². The topological polar surface area (TPSA) is 86.0 Å². The summed E-state index contributed by atoms with van der Waals surface area (Å²) in [5.41, 5.74) is 3.01. The molecule has 3 rings (SSSR count). The Kier molecular flexibility index (Phi) is 6.89. The van der Waals surface area contributed by atoms with Crippen molar-refractivity contribution in [3.05, 3.63) is 71.9 Å². The zero-order chi connectivity index (χ0) is 20.6. The van der Waals surface area contributed by atoms with E-state index in [1.807, 2.05) is 74.6 Å². The molecule has 2 atom stereocenters. The Morgan fingerprint density at radius 2 is 1.72 bits per heavy atom. The Bertz CT molecular complexity index is 952. The van der Waals surface area contributed by atoms with E-state index < -0.39 is 6.04 Å². The van der Waals surface area contributed by atoms with Crippen molar-refractivity contribution in [3.8, 4) is 0 Å². The van der Waals surface area contributed by atoms with Crippen molar-refractivity contribution in [1.82, 2.24) is 20.9 Å². The third-order valence-electron chi connectivity index (χ3n) is 5.02. The molecule has 3 amide bonds. The fourth-order valence-corrected chi connectivity index (χ4v) is 3.16. The van der Waals surface area contributed by atoms with Crippen LogP contribution in [0.5, 0.6) is 0 Å². The van der Waals surface area contributed by atoms with E-state index in [0.29, 0.717) is 13.0 Å². The molecule has 0 fully saturated rings. The zero-order valence-corrected chi connectivity index (χ0v) is 16.9. The van der Waals surface area contributed by atoms with Crippen LogP contribution in [0.3, 0.4) is 0 Å². The molecule has 0 saturated heterocycles. The van der Waals surface area contributed by atoms with Crippen molar-refractivity contribution in [1.29, 1.82) is 0 Å². The van der Waals surface area contributed by atoms with Gasteiger partial charge in [0, 0.05) is 36.1 Å². The van der Waals surface area contributed by atoms with Crippen molar-refractivity contribution in [2.24, 2.45) is 0 Å². The first-order chi connectivity index (χ1) is 14.1. The molecule has 2 aromatic carbocycles. The van der Waals surface area contributed by atoms with Crippen LogP contribution >= 0.6 is 0 Å². The van der Waals surface area contributed by atoms with E-state index in [9.17, 15) is 9.59 Å². The van der Waals surface area contributed by atoms with Gasteiger partial charge in [-0.3, -0.25) is 4.79 Å². The average molecular weight is 393 g/mol. The number of carbonyl (C=O) groups is 2. The predicted molar refractivity (Wildman–Crippen MR) is 115 cm³/mol. The van der Waals surface area contributed by atoms with Crippen LogP contribution in [-0.2, 0) is 17.8 Å². The standard InChI is InChI=1S/C23H28N4O2/c1-3-16(2)26-23(29)27-21(22(28)25-14-17-9-5-4-6-10-17)13-18-15-24-20-12-8-7-11-19(18)20/h4-12,15-16,21,24H,3,13-14H2,1-2H3,(H,25,28)(H2,26,27,29). The Morgan fingerprint density at radius 3 is 2.48 bits per heavy atom. The third kappa shape index (κ3) is 5.60. The van der Waals surface area contributed by atoms with Crippen molar-refractivity contribution < 1.29 is 9.59 Å². The van der Waals surface area contributed by atoms with Gasteiger partial charge in [-0.05, 0) is 30.5 Å². The van der Waals surface area contributed by atoms with E-state index >= 15 is 0 Å². The summed E-state index contributed by atoms with van der Waals surface area (Å²) in [6.07, 6.45) is 3.12. The number of amides is 3. The summed E-state index contributed by atoms with van der Waals surface area (Å²) in [6.45, 7) is 4.35. The second-order valence-corrected chi connectivity index (χ2v) is 7.25. The second kappa shape index (κ2) is 9.78. The van der Waals surface area contributed by atoms with Crippen molar-refractivity contribution in [3.63, 3.8) is 0 Å². The van der Waals surface area contributed by atoms with E-state index in [0.717, 1.165) is 28.5 Å². The van der Waals surface area contributed by atoms with Crippen LogP contribution in [0.15, 0.2) is 60.8 Å². The lowest BCUT2D eigenvalue weighted by Crippen LogP contribution is -2.52. The number of para-hydroxylation sites is 1. The van der Waals surface area contributed by atoms with Crippen molar-refractivity contribution in [2.45, 2.75) is 45.3 Å². The van der Waals surface area contributed by atoms with Crippen LogP contribution in [0.4, 0.5) is 4.79 Å². The molecular weight excluding hydrogens is 364 g/mol. The molecule has 3 aromatic rings. The van der Waals surface area contributed by atoms with Crippen LogP contribution < -0.4 is 16.0 Å². The van der Waals surface area contributed by atoms with E-state index in [2.05, 4.69) is 20.9 Å². The van der Waals surface area contributed by atoms with E-state index in [-0.39, 0.29) is 18.0 Å². The Hall–Kier alpha value is -3.28. The van der Waals surface area contributed by atoms with Gasteiger partial charge in [0.15, 0.2) is 0 Å². The molecule has 0 saturated carbocycles. The molecule has 1 aromatic heterocycles. The highest BCUT2D eigenvalue weighted by atomic mass is 16.2. The molecule has 0 bridgehead atoms. The molecule has 6 heteroatoms. The zero-order valence-electron chi connectivity index (χ0n) is 16.9. The highest BCUT2D eigenvalue weighted by Gasteiger charge is 2.23. The van der Waals surface area contributed by atoms with Gasteiger partial charge in [-0.15, -0.1) is 0 Å². The molecule has 0 radical (unpaired) electrons. The number of aromatic nitrogens is 1. The normalized spacial score (nSPS) is 12.9. The maximum absolute atomic E-state index is 12.9. The number of H-pyrrole nitrogens is 1. The molecular formula is C23H28N4O2. The number of carbonyl (C=O) groups excluding carboxylic acids is 2. The van der Waals surface area contributed by atoms with Gasteiger partial charge in [0.05, 0.1) is 0 Å². The lowest BCUT2D eigenvalue weighted by atomic mass is 10.0. The predicted octanol–water partition coefficient (Wildman–Crippen LogP) is 3.49. The van der Waals surface area contributed by atoms with Gasteiger partial charge in [-0.25, -0.2) is 4.79 Å². The fraction of sp³-hybridized carbons (Fsp3) is 0.304. The van der Waals surface area contributed by atoms with Gasteiger partial charge >= 0.3 is 6.03 Å². The second-order valence-electron chi connectivity index (χ2n) is 7.25. The molecule has 0 spiro atoms. The van der Waals surface area contributed by atoms with E-state index in [4.69, 9.17) is 0 Å². The minimum absolute atomic E-state index is 0.0381. The van der Waals surface area contributed by atoms with Crippen LogP contribution in [0.2, 0.25) is 0 Å². The highest BCUT2D eigenvalue weighted by molar-refractivity contribution is 5.89. The minimum Gasteiger partial charge on any atom is -0.361 e. The lowest BCUT2D eigenvalue weighted by Gasteiger charge is -2.20. The molecule has 4 N–H and O–H groups in total. The first-order valence-electron chi connectivity index (χ1n) is 10.0. The number of aromatic amines is 1. The van der Waals surface area contributed by atoms with Crippen LogP contribution in [0.1, 0.15) is 31.4 Å². The van der Waals surface area contributed by atoms with Crippen LogP contribution in [0, 0.1) is 0 Å². The smallest absolute Gasteiger partial charge is 0.315 e. The lowest BCUT2D eigenvalue weighted by molar-refractivity contribution is -0.123. The summed E-state index contributed by atoms with van der Waals surface area (Å²) in [4.78, 5) is 28.5. The number of hydrogen-bond acceptors (Lipinski definition) is 2. The summed E-state index contributed by atoms with van der Waals surface area (Å²) < 4.78 is 0. The number of nitrogens with one attached hydrogen (secondary N) is 4. The SMILES string of the molecule is CCC(C)NC(=O)NC(Cc1c[nH]c2ccccc12)C(=O)NCc1ccccc1. The summed E-state index contributed by atoms with van der Waals surface area (Å²) in [7, 11) is 0. The minimum atomic E-state index is -0.679. The molecule has 152 valence electrons. The fourth-order valence-electron chi connectivity index (χ4n) is 3.16. The third-order valence-corrected chi connectivity index (χ3v) is 5.02. The van der Waals surface area contributed by atoms with Crippen LogP contribution in [0.25, 0.3) is 10.9 Å². The molecule has 0 aliphatic rings. The van der Waals surface area contributed by atoms with E-state index in [1.165, 1.54) is 0 Å². The number of rotatable bonds is 8. The quantitative estimate of drug-likeness (QED) is 0.473. The first kappa shape index (κ1) is 20.5. The highest BCUT2D eigenvalue weighted by Crippen LogP contribution is 2.19. The van der Waals surface area contributed by atoms with Gasteiger partial charge in [0.1, 0.15) is 6.04 Å². The van der Waals surface area contributed by atoms with Gasteiger partial charge < -0.3 is 20.9 Å².